The zero-order chi connectivity index (χ0) is 19.3. The van der Waals surface area contributed by atoms with Crippen LogP contribution in [0.25, 0.3) is 0 Å². The first-order valence-corrected chi connectivity index (χ1v) is 11.6. The maximum atomic E-state index is 12.5. The van der Waals surface area contributed by atoms with Gasteiger partial charge in [0.15, 0.2) is 5.13 Å². The second-order valence-corrected chi connectivity index (χ2v) is 9.55. The molecule has 1 aliphatic heterocycles. The van der Waals surface area contributed by atoms with E-state index in [9.17, 15) is 13.2 Å². The first kappa shape index (κ1) is 19.8. The number of piperidine rings is 1. The van der Waals surface area contributed by atoms with Gasteiger partial charge in [0, 0.05) is 24.2 Å². The van der Waals surface area contributed by atoms with E-state index in [4.69, 9.17) is 0 Å². The quantitative estimate of drug-likeness (QED) is 0.762. The van der Waals surface area contributed by atoms with Gasteiger partial charge in [-0.15, -0.1) is 11.3 Å². The van der Waals surface area contributed by atoms with Crippen molar-refractivity contribution in [2.75, 3.05) is 17.8 Å². The van der Waals surface area contributed by atoms with Crippen LogP contribution < -0.4 is 4.72 Å². The highest BCUT2D eigenvalue weighted by atomic mass is 32.2. The number of hydrogen-bond acceptors (Lipinski definition) is 5. The van der Waals surface area contributed by atoms with Crippen LogP contribution in [-0.2, 0) is 27.7 Å². The minimum Gasteiger partial charge on any atom is -0.342 e. The Kier molecular flexibility index (Phi) is 6.49. The minimum atomic E-state index is -3.68. The molecule has 27 heavy (non-hydrogen) atoms. The lowest BCUT2D eigenvalue weighted by Gasteiger charge is -2.26. The fourth-order valence-electron chi connectivity index (χ4n) is 3.14. The Morgan fingerprint density at radius 1 is 1.19 bits per heavy atom. The molecular formula is C19H25N3O3S2. The van der Waals surface area contributed by atoms with Crippen molar-refractivity contribution in [2.24, 2.45) is 0 Å². The molecule has 1 amide bonds. The first-order valence-electron chi connectivity index (χ1n) is 9.32. The number of amides is 1. The van der Waals surface area contributed by atoms with Crippen LogP contribution in [0.3, 0.4) is 0 Å². The van der Waals surface area contributed by atoms with E-state index in [-0.39, 0.29) is 22.4 Å². The number of likely N-dealkylation sites (tertiary alicyclic amines) is 1. The van der Waals surface area contributed by atoms with Gasteiger partial charge >= 0.3 is 0 Å². The van der Waals surface area contributed by atoms with Gasteiger partial charge in [-0.2, -0.15) is 0 Å². The summed E-state index contributed by atoms with van der Waals surface area (Å²) in [4.78, 5) is 19.3. The molecule has 1 aromatic carbocycles. The Balaban J connectivity index is 1.62. The highest BCUT2D eigenvalue weighted by Gasteiger charge is 2.19. The van der Waals surface area contributed by atoms with Crippen molar-refractivity contribution in [3.05, 3.63) is 40.9 Å². The van der Waals surface area contributed by atoms with E-state index in [2.05, 4.69) is 16.6 Å². The Hall–Kier alpha value is -1.93. The molecule has 1 N–H and O–H groups in total. The smallest absolute Gasteiger partial charge is 0.263 e. The van der Waals surface area contributed by atoms with Crippen molar-refractivity contribution in [1.29, 1.82) is 0 Å². The molecule has 146 valence electrons. The third-order valence-corrected chi connectivity index (χ3v) is 6.98. The molecule has 8 heteroatoms. The number of nitrogens with one attached hydrogen (secondary N) is 1. The SMILES string of the molecule is CCCc1ccc(S(=O)(=O)Nc2ncc(CC(=O)N3CCCCC3)s2)cc1. The van der Waals surface area contributed by atoms with Crippen LogP contribution in [0, 0.1) is 0 Å². The molecule has 1 fully saturated rings. The fourth-order valence-corrected chi connectivity index (χ4v) is 5.18. The van der Waals surface area contributed by atoms with Gasteiger partial charge in [-0.25, -0.2) is 13.4 Å². The van der Waals surface area contributed by atoms with Gasteiger partial charge < -0.3 is 4.90 Å². The molecule has 1 saturated heterocycles. The third kappa shape index (κ3) is 5.29. The maximum absolute atomic E-state index is 12.5. The lowest BCUT2D eigenvalue weighted by molar-refractivity contribution is -0.131. The summed E-state index contributed by atoms with van der Waals surface area (Å²) in [5, 5.41) is 0.286. The molecule has 0 bridgehead atoms. The molecule has 3 rings (SSSR count). The van der Waals surface area contributed by atoms with Crippen LogP contribution in [0.15, 0.2) is 35.4 Å². The molecule has 0 atom stereocenters. The standard InChI is InChI=1S/C19H25N3O3S2/c1-2-6-15-7-9-17(10-8-15)27(24,25)21-19-20-14-16(26-19)13-18(23)22-11-4-3-5-12-22/h7-10,14H,2-6,11-13H2,1H3,(H,20,21). The number of benzene rings is 1. The van der Waals surface area contributed by atoms with E-state index in [1.807, 2.05) is 17.0 Å². The Morgan fingerprint density at radius 3 is 2.56 bits per heavy atom. The van der Waals surface area contributed by atoms with Gasteiger partial charge in [0.2, 0.25) is 5.91 Å². The Morgan fingerprint density at radius 2 is 1.89 bits per heavy atom. The molecular weight excluding hydrogens is 382 g/mol. The molecule has 0 spiro atoms. The average molecular weight is 408 g/mol. The highest BCUT2D eigenvalue weighted by Crippen LogP contribution is 2.23. The summed E-state index contributed by atoms with van der Waals surface area (Å²) in [5.74, 6) is 0.0827. The first-order chi connectivity index (χ1) is 13.0. The Labute approximate surface area is 164 Å². The predicted molar refractivity (Wildman–Crippen MR) is 107 cm³/mol. The van der Waals surface area contributed by atoms with Gasteiger partial charge in [-0.3, -0.25) is 9.52 Å². The van der Waals surface area contributed by atoms with Gasteiger partial charge in [-0.05, 0) is 43.4 Å². The van der Waals surface area contributed by atoms with Crippen molar-refractivity contribution >= 4 is 32.4 Å². The lowest BCUT2D eigenvalue weighted by atomic mass is 10.1. The summed E-state index contributed by atoms with van der Waals surface area (Å²) in [7, 11) is -3.68. The summed E-state index contributed by atoms with van der Waals surface area (Å²) in [6.07, 6.45) is 7.07. The highest BCUT2D eigenvalue weighted by molar-refractivity contribution is 7.93. The van der Waals surface area contributed by atoms with E-state index in [1.54, 1.807) is 18.3 Å². The van der Waals surface area contributed by atoms with Crippen molar-refractivity contribution in [1.82, 2.24) is 9.88 Å². The van der Waals surface area contributed by atoms with Crippen LogP contribution in [0.4, 0.5) is 5.13 Å². The monoisotopic (exact) mass is 407 g/mol. The number of nitrogens with zero attached hydrogens (tertiary/aromatic N) is 2. The second kappa shape index (κ2) is 8.84. The number of rotatable bonds is 7. The third-order valence-electron chi connectivity index (χ3n) is 4.58. The van der Waals surface area contributed by atoms with E-state index >= 15 is 0 Å². The van der Waals surface area contributed by atoms with Crippen molar-refractivity contribution < 1.29 is 13.2 Å². The molecule has 0 saturated carbocycles. The van der Waals surface area contributed by atoms with E-state index in [0.717, 1.165) is 49.2 Å². The topological polar surface area (TPSA) is 79.4 Å². The van der Waals surface area contributed by atoms with E-state index < -0.39 is 10.0 Å². The molecule has 0 radical (unpaired) electrons. The van der Waals surface area contributed by atoms with Gasteiger partial charge in [0.05, 0.1) is 11.3 Å². The second-order valence-electron chi connectivity index (χ2n) is 6.75. The molecule has 0 aliphatic carbocycles. The van der Waals surface area contributed by atoms with E-state index in [0.29, 0.717) is 0 Å². The summed E-state index contributed by atoms with van der Waals surface area (Å²) >= 11 is 1.21. The number of hydrogen-bond donors (Lipinski definition) is 1. The van der Waals surface area contributed by atoms with E-state index in [1.165, 1.54) is 17.8 Å². The van der Waals surface area contributed by atoms with Crippen molar-refractivity contribution in [3.63, 3.8) is 0 Å². The molecule has 0 unspecified atom stereocenters. The average Bonchev–Trinajstić information content (AvgIpc) is 3.09. The van der Waals surface area contributed by atoms with Crippen molar-refractivity contribution in [3.8, 4) is 0 Å². The molecule has 2 aromatic rings. The zero-order valence-corrected chi connectivity index (χ0v) is 17.1. The normalized spacial score (nSPS) is 14.9. The molecule has 6 nitrogen and oxygen atoms in total. The minimum absolute atomic E-state index is 0.0827. The fraction of sp³-hybridized carbons (Fsp3) is 0.474. The summed E-state index contributed by atoms with van der Waals surface area (Å²) < 4.78 is 27.6. The number of aromatic nitrogens is 1. The number of carbonyl (C=O) groups is 1. The number of carbonyl (C=O) groups excluding carboxylic acids is 1. The summed E-state index contributed by atoms with van der Waals surface area (Å²) in [6.45, 7) is 3.71. The molecule has 2 heterocycles. The van der Waals surface area contributed by atoms with Crippen LogP contribution in [0.2, 0.25) is 0 Å². The van der Waals surface area contributed by atoms with Crippen LogP contribution in [-0.4, -0.2) is 37.3 Å². The van der Waals surface area contributed by atoms with Crippen LogP contribution in [0.1, 0.15) is 43.0 Å². The largest absolute Gasteiger partial charge is 0.342 e. The lowest BCUT2D eigenvalue weighted by Crippen LogP contribution is -2.36. The zero-order valence-electron chi connectivity index (χ0n) is 15.5. The predicted octanol–water partition coefficient (Wildman–Crippen LogP) is 3.45. The summed E-state index contributed by atoms with van der Waals surface area (Å²) in [6, 6.07) is 6.90. The van der Waals surface area contributed by atoms with Crippen LogP contribution >= 0.6 is 11.3 Å². The summed E-state index contributed by atoms with van der Waals surface area (Å²) in [5.41, 5.74) is 1.12. The maximum Gasteiger partial charge on any atom is 0.263 e. The molecule has 1 aromatic heterocycles. The van der Waals surface area contributed by atoms with Gasteiger partial charge in [0.1, 0.15) is 0 Å². The number of anilines is 1. The number of aryl methyl sites for hydroxylation is 1. The van der Waals surface area contributed by atoms with Crippen LogP contribution in [0.5, 0.6) is 0 Å². The van der Waals surface area contributed by atoms with Crippen molar-refractivity contribution in [2.45, 2.75) is 50.3 Å². The number of thiazole rings is 1. The van der Waals surface area contributed by atoms with Gasteiger partial charge in [-0.1, -0.05) is 25.5 Å². The molecule has 1 aliphatic rings. The Bertz CT molecular complexity index is 870. The number of sulfonamides is 1. The van der Waals surface area contributed by atoms with Gasteiger partial charge in [0.25, 0.3) is 10.0 Å².